The van der Waals surface area contributed by atoms with Gasteiger partial charge < -0.3 is 10.1 Å². The number of pyridine rings is 1. The summed E-state index contributed by atoms with van der Waals surface area (Å²) >= 11 is 12.2. The number of fused-ring (bicyclic) bond motifs is 1. The second-order valence-corrected chi connectivity index (χ2v) is 8.83. The average molecular weight is 519 g/mol. The maximum Gasteiger partial charge on any atom is 0.269 e. The van der Waals surface area contributed by atoms with Crippen LogP contribution in [0, 0.1) is 32.1 Å². The number of anilines is 1. The lowest BCUT2D eigenvalue weighted by molar-refractivity contribution is -0.112. The van der Waals surface area contributed by atoms with Crippen molar-refractivity contribution in [2.24, 2.45) is 0 Å². The third kappa shape index (κ3) is 4.82. The molecule has 0 fully saturated rings. The molecule has 7 nitrogen and oxygen atoms in total. The number of ether oxygens (including phenoxy) is 1. The van der Waals surface area contributed by atoms with Crippen molar-refractivity contribution in [2.75, 3.05) is 5.32 Å². The monoisotopic (exact) mass is 518 g/mol. The molecule has 4 rings (SSSR count). The van der Waals surface area contributed by atoms with Gasteiger partial charge >= 0.3 is 0 Å². The van der Waals surface area contributed by atoms with Gasteiger partial charge in [-0.05, 0) is 67.8 Å². The molecule has 0 saturated heterocycles. The van der Waals surface area contributed by atoms with Crippen LogP contribution >= 0.6 is 23.2 Å². The van der Waals surface area contributed by atoms with E-state index in [-0.39, 0.29) is 32.7 Å². The highest BCUT2D eigenvalue weighted by Crippen LogP contribution is 2.31. The second kappa shape index (κ2) is 10.2. The summed E-state index contributed by atoms with van der Waals surface area (Å²) in [5.74, 6) is -0.291. The number of nitrogens with zero attached hydrogens (tertiary/aromatic N) is 3. The molecule has 0 aliphatic heterocycles. The van der Waals surface area contributed by atoms with E-state index in [9.17, 15) is 14.9 Å². The maximum atomic E-state index is 13.5. The number of nitrogens with one attached hydrogen (secondary N) is 1. The first-order valence-corrected chi connectivity index (χ1v) is 11.6. The molecule has 0 atom stereocenters. The number of halogens is 2. The van der Waals surface area contributed by atoms with E-state index >= 15 is 0 Å². The molecule has 9 heteroatoms. The number of aryl methyl sites for hydroxylation is 2. The van der Waals surface area contributed by atoms with Crippen molar-refractivity contribution < 1.29 is 9.53 Å². The van der Waals surface area contributed by atoms with E-state index in [1.54, 1.807) is 36.5 Å². The Bertz CT molecular complexity index is 1650. The molecule has 2 heterocycles. The molecule has 1 N–H and O–H groups in total. The minimum Gasteiger partial charge on any atom is -0.438 e. The Balaban J connectivity index is 1.87. The first-order valence-electron chi connectivity index (χ1n) is 10.8. The Morgan fingerprint density at radius 2 is 1.81 bits per heavy atom. The van der Waals surface area contributed by atoms with Crippen molar-refractivity contribution in [3.05, 3.63) is 103 Å². The van der Waals surface area contributed by atoms with Crippen LogP contribution in [0.4, 0.5) is 5.69 Å². The Labute approximate surface area is 217 Å². The predicted molar refractivity (Wildman–Crippen MR) is 141 cm³/mol. The van der Waals surface area contributed by atoms with Gasteiger partial charge in [-0.15, -0.1) is 0 Å². The molecule has 0 spiro atoms. The fourth-order valence-corrected chi connectivity index (χ4v) is 3.86. The summed E-state index contributed by atoms with van der Waals surface area (Å²) in [4.78, 5) is 31.0. The quantitative estimate of drug-likeness (QED) is 0.248. The zero-order valence-corrected chi connectivity index (χ0v) is 21.1. The van der Waals surface area contributed by atoms with Gasteiger partial charge in [-0.25, -0.2) is 0 Å². The number of hydrogen-bond acceptors (Lipinski definition) is 5. The van der Waals surface area contributed by atoms with Crippen LogP contribution in [0.2, 0.25) is 10.0 Å². The van der Waals surface area contributed by atoms with Gasteiger partial charge in [0.15, 0.2) is 0 Å². The van der Waals surface area contributed by atoms with E-state index in [1.165, 1.54) is 10.5 Å². The van der Waals surface area contributed by atoms with Crippen LogP contribution in [-0.4, -0.2) is 15.3 Å². The van der Waals surface area contributed by atoms with E-state index in [1.807, 2.05) is 45.0 Å². The van der Waals surface area contributed by atoms with Crippen LogP contribution in [0.5, 0.6) is 11.6 Å². The summed E-state index contributed by atoms with van der Waals surface area (Å²) in [5.41, 5.74) is 2.35. The molecule has 4 aromatic rings. The molecule has 0 aliphatic rings. The van der Waals surface area contributed by atoms with Crippen LogP contribution in [-0.2, 0) is 4.79 Å². The standard InChI is InChI=1S/C27H20Cl2N4O3/c1-15-7-4-11-22(17(15)3)36-26-19(27(35)33-12-6-8-16(2)24(33)32-26)13-18(14-30)25(34)31-21-10-5-9-20(28)23(21)29/h4-13H,1-3H3,(H,31,34)/b18-13-. The van der Waals surface area contributed by atoms with E-state index in [0.717, 1.165) is 16.7 Å². The van der Waals surface area contributed by atoms with Gasteiger partial charge in [-0.1, -0.05) is 47.5 Å². The fourth-order valence-electron chi connectivity index (χ4n) is 3.52. The molecule has 2 aromatic carbocycles. The summed E-state index contributed by atoms with van der Waals surface area (Å²) in [7, 11) is 0. The highest BCUT2D eigenvalue weighted by molar-refractivity contribution is 6.44. The first kappa shape index (κ1) is 25.0. The Hall–Kier alpha value is -4.12. The zero-order valence-electron chi connectivity index (χ0n) is 19.6. The summed E-state index contributed by atoms with van der Waals surface area (Å²) in [6.07, 6.45) is 2.73. The summed E-state index contributed by atoms with van der Waals surface area (Å²) in [6.45, 7) is 5.65. The number of hydrogen-bond donors (Lipinski definition) is 1. The Kier molecular flexibility index (Phi) is 7.11. The van der Waals surface area contributed by atoms with Gasteiger partial charge in [0.05, 0.1) is 15.7 Å². The van der Waals surface area contributed by atoms with E-state index < -0.39 is 11.5 Å². The fraction of sp³-hybridized carbons (Fsp3) is 0.111. The lowest BCUT2D eigenvalue weighted by atomic mass is 10.1. The van der Waals surface area contributed by atoms with E-state index in [4.69, 9.17) is 27.9 Å². The number of nitriles is 1. The normalized spacial score (nSPS) is 11.3. The van der Waals surface area contributed by atoms with Gasteiger partial charge in [0.2, 0.25) is 5.88 Å². The smallest absolute Gasteiger partial charge is 0.269 e. The molecule has 0 aliphatic carbocycles. The third-order valence-electron chi connectivity index (χ3n) is 5.66. The predicted octanol–water partition coefficient (Wildman–Crippen LogP) is 6.26. The van der Waals surface area contributed by atoms with Gasteiger partial charge in [0, 0.05) is 6.20 Å². The van der Waals surface area contributed by atoms with E-state index in [0.29, 0.717) is 11.4 Å². The highest BCUT2D eigenvalue weighted by Gasteiger charge is 2.19. The molecule has 180 valence electrons. The zero-order chi connectivity index (χ0) is 26.0. The molecular formula is C27H20Cl2N4O3. The van der Waals surface area contributed by atoms with Crippen LogP contribution in [0.25, 0.3) is 11.7 Å². The first-order chi connectivity index (χ1) is 17.2. The summed E-state index contributed by atoms with van der Waals surface area (Å²) in [5, 5.41) is 12.7. The number of aromatic nitrogens is 2. The largest absolute Gasteiger partial charge is 0.438 e. The summed E-state index contributed by atoms with van der Waals surface area (Å²) in [6, 6.07) is 15.6. The Morgan fingerprint density at radius 1 is 1.08 bits per heavy atom. The average Bonchev–Trinajstić information content (AvgIpc) is 2.85. The topological polar surface area (TPSA) is 96.5 Å². The highest BCUT2D eigenvalue weighted by atomic mass is 35.5. The van der Waals surface area contributed by atoms with Crippen LogP contribution in [0.1, 0.15) is 22.3 Å². The number of carbonyl (C=O) groups excluding carboxylic acids is 1. The van der Waals surface area contributed by atoms with Crippen molar-refractivity contribution in [3.63, 3.8) is 0 Å². The molecule has 36 heavy (non-hydrogen) atoms. The maximum absolute atomic E-state index is 13.5. The molecular weight excluding hydrogens is 499 g/mol. The van der Waals surface area contributed by atoms with E-state index in [2.05, 4.69) is 10.3 Å². The molecule has 0 bridgehead atoms. The minimum atomic E-state index is -0.770. The van der Waals surface area contributed by atoms with Gasteiger partial charge in [-0.3, -0.25) is 14.0 Å². The minimum absolute atomic E-state index is 0.0238. The Morgan fingerprint density at radius 3 is 2.56 bits per heavy atom. The number of amides is 1. The van der Waals surface area contributed by atoms with Crippen LogP contribution in [0.15, 0.2) is 65.1 Å². The number of rotatable bonds is 5. The lowest BCUT2D eigenvalue weighted by Gasteiger charge is -2.14. The number of carbonyl (C=O) groups is 1. The lowest BCUT2D eigenvalue weighted by Crippen LogP contribution is -2.21. The van der Waals surface area contributed by atoms with Crippen molar-refractivity contribution in [1.82, 2.24) is 9.38 Å². The molecule has 2 aromatic heterocycles. The van der Waals surface area contributed by atoms with Crippen molar-refractivity contribution in [1.29, 1.82) is 5.26 Å². The summed E-state index contributed by atoms with van der Waals surface area (Å²) < 4.78 is 7.44. The number of benzene rings is 2. The molecule has 0 saturated carbocycles. The molecule has 0 unspecified atom stereocenters. The second-order valence-electron chi connectivity index (χ2n) is 8.05. The van der Waals surface area contributed by atoms with Crippen molar-refractivity contribution in [2.45, 2.75) is 20.8 Å². The van der Waals surface area contributed by atoms with Gasteiger partial charge in [-0.2, -0.15) is 10.2 Å². The van der Waals surface area contributed by atoms with Crippen molar-refractivity contribution in [3.8, 4) is 17.7 Å². The van der Waals surface area contributed by atoms with Crippen LogP contribution in [0.3, 0.4) is 0 Å². The van der Waals surface area contributed by atoms with Crippen molar-refractivity contribution >= 4 is 46.5 Å². The van der Waals surface area contributed by atoms with Gasteiger partial charge in [0.1, 0.15) is 28.6 Å². The molecule has 0 radical (unpaired) electrons. The van der Waals surface area contributed by atoms with Gasteiger partial charge in [0.25, 0.3) is 11.5 Å². The van der Waals surface area contributed by atoms with Crippen LogP contribution < -0.4 is 15.6 Å². The SMILES string of the molecule is Cc1cccc(Oc2nc3c(C)cccn3c(=O)c2/C=C(/C#N)C(=O)Nc2cccc(Cl)c2Cl)c1C. The third-order valence-corrected chi connectivity index (χ3v) is 6.48. The molecule has 1 amide bonds.